The lowest BCUT2D eigenvalue weighted by molar-refractivity contribution is -0.146. The van der Waals surface area contributed by atoms with Gasteiger partial charge < -0.3 is 28.9 Å². The molecule has 2 N–H and O–H groups in total. The zero-order chi connectivity index (χ0) is 34.2. The third-order valence-electron chi connectivity index (χ3n) is 9.42. The fourth-order valence-corrected chi connectivity index (χ4v) is 10.1. The fourth-order valence-electron chi connectivity index (χ4n) is 7.20. The number of halogens is 2. The van der Waals surface area contributed by atoms with Crippen LogP contribution in [0.5, 0.6) is 5.75 Å². The highest BCUT2D eigenvalue weighted by Gasteiger charge is 2.66. The van der Waals surface area contributed by atoms with Gasteiger partial charge in [-0.25, -0.2) is 0 Å². The van der Waals surface area contributed by atoms with Crippen LogP contribution in [-0.4, -0.2) is 60.1 Å². The van der Waals surface area contributed by atoms with Gasteiger partial charge in [0.25, 0.3) is 11.8 Å². The Bertz CT molecular complexity index is 1800. The van der Waals surface area contributed by atoms with Crippen molar-refractivity contribution in [3.63, 3.8) is 0 Å². The molecule has 1 aromatic heterocycles. The van der Waals surface area contributed by atoms with E-state index in [9.17, 15) is 14.7 Å². The molecule has 2 amide bonds. The molecule has 48 heavy (non-hydrogen) atoms. The molecule has 2 aliphatic heterocycles. The van der Waals surface area contributed by atoms with Gasteiger partial charge in [-0.1, -0.05) is 40.2 Å². The number of nitrogens with one attached hydrogen (secondary N) is 1. The molecule has 2 aliphatic rings. The summed E-state index contributed by atoms with van der Waals surface area (Å²) in [4.78, 5) is 29.2. The van der Waals surface area contributed by atoms with Crippen molar-refractivity contribution < 1.29 is 28.3 Å². The van der Waals surface area contributed by atoms with Crippen LogP contribution >= 0.6 is 15.9 Å². The number of aliphatic hydroxyl groups excluding tert-OH is 1. The van der Waals surface area contributed by atoms with Crippen molar-refractivity contribution in [1.82, 2.24) is 15.0 Å². The van der Waals surface area contributed by atoms with Gasteiger partial charge in [-0.3, -0.25) is 14.3 Å². The fraction of sp³-hybridized carbons (Fsp3) is 0.371. The van der Waals surface area contributed by atoms with Crippen molar-refractivity contribution in [3.05, 3.63) is 99.8 Å². The number of hydrogen-bond acceptors (Lipinski definition) is 7. The Morgan fingerprint density at radius 1 is 1.15 bits per heavy atom. The number of aliphatic hydroxyl groups is 1. The number of benzene rings is 3. The van der Waals surface area contributed by atoms with Crippen LogP contribution in [-0.2, 0) is 34.6 Å². The second-order valence-corrected chi connectivity index (χ2v) is 17.6. The van der Waals surface area contributed by atoms with Gasteiger partial charge in [-0.2, -0.15) is 0 Å². The van der Waals surface area contributed by atoms with E-state index in [1.165, 1.54) is 0 Å². The van der Waals surface area contributed by atoms with E-state index in [0.29, 0.717) is 42.1 Å². The average Bonchev–Trinajstić information content (AvgIpc) is 3.70. The molecule has 0 radical (unpaired) electrons. The summed E-state index contributed by atoms with van der Waals surface area (Å²) in [7, 11) is -1.75. The molecule has 0 saturated carbocycles. The maximum atomic E-state index is 16.2. The smallest absolute Gasteiger partial charge is 0.264 e. The van der Waals surface area contributed by atoms with E-state index in [4.69, 9.17) is 9.47 Å². The second-order valence-electron chi connectivity index (χ2n) is 12.9. The van der Waals surface area contributed by atoms with Crippen molar-refractivity contribution in [1.29, 1.82) is 0 Å². The molecule has 10 nitrogen and oxygen atoms in total. The van der Waals surface area contributed by atoms with Crippen LogP contribution in [0.15, 0.2) is 77.4 Å². The van der Waals surface area contributed by atoms with Crippen molar-refractivity contribution >= 4 is 47.5 Å². The summed E-state index contributed by atoms with van der Waals surface area (Å²) in [5.41, 5.74) is 2.34. The molecule has 252 valence electrons. The van der Waals surface area contributed by atoms with Gasteiger partial charge in [0, 0.05) is 58.5 Å². The first kappa shape index (κ1) is 34.0. The second kappa shape index (κ2) is 13.5. The topological polar surface area (TPSA) is 119 Å². The normalized spacial score (nSPS) is 21.9. The number of aromatic nitrogens is 3. The minimum absolute atomic E-state index is 0.0208. The number of aryl methyl sites for hydroxylation is 1. The van der Waals surface area contributed by atoms with Gasteiger partial charge in [0.15, 0.2) is 5.60 Å². The van der Waals surface area contributed by atoms with Crippen LogP contribution in [0.4, 0.5) is 15.5 Å². The Labute approximate surface area is 288 Å². The molecule has 3 aromatic carbocycles. The van der Waals surface area contributed by atoms with Crippen LogP contribution < -0.4 is 15.0 Å². The highest BCUT2D eigenvalue weighted by Crippen LogP contribution is 2.60. The number of methoxy groups -OCH3 is 1. The molecule has 0 bridgehead atoms. The van der Waals surface area contributed by atoms with E-state index in [-0.39, 0.29) is 25.0 Å². The van der Waals surface area contributed by atoms with Gasteiger partial charge >= 0.3 is 0 Å². The van der Waals surface area contributed by atoms with Crippen molar-refractivity contribution in [2.75, 3.05) is 23.9 Å². The minimum Gasteiger partial charge on any atom is -0.497 e. The number of hydrogen-bond donors (Lipinski definition) is 2. The standard InChI is InChI=1S/C35H39BrFN5O5Si/c1-22-32(48(3,4)37)31(15-17-41-21-27(16-18-43)39-40-41)47-35(22)29-19-25(36)9-14-30(29)42(34(35)45)20-23-5-10-26(11-6-23)38-33(44)24-7-12-28(46-2)13-8-24/h5-14,19,21-22,31-32,43H,15-18,20H2,1-4H3,(H,38,44)/t22-,31+,32-,35+/m0/s1. The lowest BCUT2D eigenvalue weighted by Gasteiger charge is -2.31. The van der Waals surface area contributed by atoms with E-state index in [0.717, 1.165) is 21.3 Å². The number of rotatable bonds is 11. The molecule has 6 rings (SSSR count). The molecular weight excluding hydrogens is 697 g/mol. The number of carbonyl (C=O) groups is 2. The van der Waals surface area contributed by atoms with Crippen LogP contribution in [0.2, 0.25) is 18.6 Å². The molecule has 1 saturated heterocycles. The lowest BCUT2D eigenvalue weighted by atomic mass is 9.82. The third-order valence-corrected chi connectivity index (χ3v) is 12.4. The molecule has 1 spiro atoms. The summed E-state index contributed by atoms with van der Waals surface area (Å²) in [5.74, 6) is -0.207. The van der Waals surface area contributed by atoms with E-state index < -0.39 is 31.6 Å². The zero-order valence-electron chi connectivity index (χ0n) is 27.3. The van der Waals surface area contributed by atoms with Crippen LogP contribution in [0.3, 0.4) is 0 Å². The highest BCUT2D eigenvalue weighted by molar-refractivity contribution is 9.10. The first-order chi connectivity index (χ1) is 22.9. The number of ether oxygens (including phenoxy) is 2. The molecule has 1 fully saturated rings. The number of nitrogens with zero attached hydrogens (tertiary/aromatic N) is 4. The number of carbonyl (C=O) groups excluding carboxylic acids is 2. The Balaban J connectivity index is 1.24. The Morgan fingerprint density at radius 3 is 2.54 bits per heavy atom. The maximum Gasteiger partial charge on any atom is 0.264 e. The molecular formula is C35H39BrFN5O5Si. The summed E-state index contributed by atoms with van der Waals surface area (Å²) >= 11 is 3.59. The van der Waals surface area contributed by atoms with E-state index in [1.807, 2.05) is 49.4 Å². The van der Waals surface area contributed by atoms with Crippen LogP contribution in [0.25, 0.3) is 0 Å². The number of anilines is 2. The summed E-state index contributed by atoms with van der Waals surface area (Å²) in [5, 5.41) is 20.4. The van der Waals surface area contributed by atoms with Crippen molar-refractivity contribution in [2.45, 2.75) is 63.2 Å². The van der Waals surface area contributed by atoms with Gasteiger partial charge in [0.2, 0.25) is 8.41 Å². The molecule has 0 aliphatic carbocycles. The number of amides is 2. The molecule has 4 atom stereocenters. The van der Waals surface area contributed by atoms with Gasteiger partial charge in [0.1, 0.15) is 5.75 Å². The lowest BCUT2D eigenvalue weighted by Crippen LogP contribution is -2.45. The summed E-state index contributed by atoms with van der Waals surface area (Å²) in [6.07, 6.45) is 2.13. The quantitative estimate of drug-likeness (QED) is 0.138. The van der Waals surface area contributed by atoms with Crippen molar-refractivity contribution in [2.24, 2.45) is 5.92 Å². The molecule has 4 aromatic rings. The Hall–Kier alpha value is -3.91. The monoisotopic (exact) mass is 735 g/mol. The summed E-state index contributed by atoms with van der Waals surface area (Å²) in [6, 6.07) is 20.0. The highest BCUT2D eigenvalue weighted by atomic mass is 79.9. The predicted molar refractivity (Wildman–Crippen MR) is 186 cm³/mol. The first-order valence-electron chi connectivity index (χ1n) is 16.0. The largest absolute Gasteiger partial charge is 0.497 e. The van der Waals surface area contributed by atoms with Gasteiger partial charge in [-0.05, 0) is 79.7 Å². The summed E-state index contributed by atoms with van der Waals surface area (Å²) in [6.45, 7) is 6.01. The SMILES string of the molecule is COc1ccc(C(=O)Nc2ccc(CN3C(=O)[C@]4(O[C@H](CCn5cc(CCO)nn5)[C@@H]([Si](C)(C)F)[C@@H]4C)c4cc(Br)ccc43)cc2)cc1. The number of fused-ring (bicyclic) bond motifs is 2. The van der Waals surface area contributed by atoms with Crippen molar-refractivity contribution in [3.8, 4) is 5.75 Å². The van der Waals surface area contributed by atoms with Gasteiger partial charge in [0.05, 0.1) is 31.1 Å². The van der Waals surface area contributed by atoms with E-state index in [1.54, 1.807) is 60.2 Å². The predicted octanol–water partition coefficient (Wildman–Crippen LogP) is 6.25. The van der Waals surface area contributed by atoms with Gasteiger partial charge in [-0.15, -0.1) is 5.10 Å². The maximum absolute atomic E-state index is 16.2. The summed E-state index contributed by atoms with van der Waals surface area (Å²) < 4.78 is 30.7. The average molecular weight is 737 g/mol. The van der Waals surface area contributed by atoms with E-state index in [2.05, 4.69) is 31.6 Å². The minimum atomic E-state index is -3.33. The first-order valence-corrected chi connectivity index (χ1v) is 19.7. The Morgan fingerprint density at radius 2 is 1.88 bits per heavy atom. The molecule has 13 heteroatoms. The Kier molecular flexibility index (Phi) is 9.58. The zero-order valence-corrected chi connectivity index (χ0v) is 29.9. The van der Waals surface area contributed by atoms with Crippen LogP contribution in [0, 0.1) is 5.92 Å². The van der Waals surface area contributed by atoms with E-state index >= 15 is 4.11 Å². The molecule has 3 heterocycles. The van der Waals surface area contributed by atoms with Crippen LogP contribution in [0.1, 0.15) is 40.5 Å². The third kappa shape index (κ3) is 6.43. The molecule has 0 unspecified atom stereocenters.